The number of hydrogen-bond acceptors (Lipinski definition) is 7. The number of halogens is 2. The highest BCUT2D eigenvalue weighted by atomic mass is 79.9. The van der Waals surface area contributed by atoms with Crippen LogP contribution in [0.25, 0.3) is 16.8 Å². The van der Waals surface area contributed by atoms with Gasteiger partial charge in [0.05, 0.1) is 38.5 Å². The van der Waals surface area contributed by atoms with Crippen molar-refractivity contribution in [2.75, 3.05) is 20.3 Å². The van der Waals surface area contributed by atoms with Gasteiger partial charge in [0.15, 0.2) is 4.80 Å². The number of methoxy groups -OCH3 is 1. The molecular weight excluding hydrogens is 672 g/mol. The molecule has 0 fully saturated rings. The third-order valence-electron chi connectivity index (χ3n) is 6.60. The van der Waals surface area contributed by atoms with E-state index in [0.29, 0.717) is 44.3 Å². The van der Waals surface area contributed by atoms with Gasteiger partial charge in [0.1, 0.15) is 24.1 Å². The molecule has 0 N–H and O–H groups in total. The van der Waals surface area contributed by atoms with Crippen molar-refractivity contribution in [3.63, 3.8) is 0 Å². The van der Waals surface area contributed by atoms with E-state index in [1.807, 2.05) is 48.5 Å². The zero-order valence-electron chi connectivity index (χ0n) is 22.6. The van der Waals surface area contributed by atoms with E-state index in [1.54, 1.807) is 37.7 Å². The molecule has 0 bridgehead atoms. The lowest BCUT2D eigenvalue weighted by atomic mass is 9.90. The molecule has 0 radical (unpaired) electrons. The van der Waals surface area contributed by atoms with E-state index >= 15 is 0 Å². The van der Waals surface area contributed by atoms with Crippen LogP contribution in [0.4, 0.5) is 0 Å². The molecule has 3 aromatic carbocycles. The van der Waals surface area contributed by atoms with Gasteiger partial charge in [-0.05, 0) is 86.3 Å². The Morgan fingerprint density at radius 1 is 1.17 bits per heavy atom. The number of carbonyl (C=O) groups is 1. The quantitative estimate of drug-likeness (QED) is 0.166. The van der Waals surface area contributed by atoms with E-state index in [1.165, 1.54) is 11.3 Å². The van der Waals surface area contributed by atoms with E-state index < -0.39 is 12.0 Å². The molecular formula is C31H26Br2N2O5S. The van der Waals surface area contributed by atoms with Crippen LogP contribution in [0.5, 0.6) is 11.5 Å². The van der Waals surface area contributed by atoms with E-state index in [-0.39, 0.29) is 12.2 Å². The molecule has 1 aliphatic rings. The monoisotopic (exact) mass is 696 g/mol. The summed E-state index contributed by atoms with van der Waals surface area (Å²) in [6, 6.07) is 14.6. The Hall–Kier alpha value is -3.47. The second-order valence-corrected chi connectivity index (χ2v) is 11.8. The van der Waals surface area contributed by atoms with E-state index in [0.717, 1.165) is 25.3 Å². The minimum Gasteiger partial charge on any atom is -0.496 e. The molecule has 7 nitrogen and oxygen atoms in total. The fourth-order valence-electron chi connectivity index (χ4n) is 4.89. The summed E-state index contributed by atoms with van der Waals surface area (Å²) in [4.78, 5) is 32.7. The van der Waals surface area contributed by atoms with Gasteiger partial charge in [-0.15, -0.1) is 0 Å². The third kappa shape index (κ3) is 5.43. The van der Waals surface area contributed by atoms with Crippen molar-refractivity contribution >= 4 is 66.0 Å². The molecule has 10 heteroatoms. The van der Waals surface area contributed by atoms with Crippen molar-refractivity contribution in [3.05, 3.63) is 112 Å². The zero-order chi connectivity index (χ0) is 29.3. The highest BCUT2D eigenvalue weighted by Crippen LogP contribution is 2.40. The minimum atomic E-state index is -0.804. The number of carbonyl (C=O) groups excluding carboxylic acids is 1. The standard InChI is InChI=1S/C31H26Br2N2O5S/c1-5-13-40-28-21(32)14-18(15-22(28)33)16-24-29(36)35-27(25(30(37)39-6-2)17(3)34-31(35)41-24)26-20-10-8-7-9-19(20)11-12-23(26)38-4/h5,7-12,14-16,27H,1,6,13H2,2-4H3/b24-16+/t27-/m1/s1. The Kier molecular flexibility index (Phi) is 8.63. The third-order valence-corrected chi connectivity index (χ3v) is 8.77. The lowest BCUT2D eigenvalue weighted by Gasteiger charge is -2.27. The smallest absolute Gasteiger partial charge is 0.338 e. The first-order valence-corrected chi connectivity index (χ1v) is 15.2. The molecule has 41 heavy (non-hydrogen) atoms. The Labute approximate surface area is 257 Å². The molecule has 1 aromatic heterocycles. The SMILES string of the molecule is C=CCOc1c(Br)cc(/C=c2/sc3n(c2=O)[C@@H](c2c(OC)ccc4ccccc24)C(C(=O)OCC)=C(C)N=3)cc1Br. The predicted molar refractivity (Wildman–Crippen MR) is 168 cm³/mol. The molecule has 2 heterocycles. The normalized spacial score (nSPS) is 15.0. The van der Waals surface area contributed by atoms with Crippen LogP contribution in [0.1, 0.15) is 31.0 Å². The van der Waals surface area contributed by atoms with Crippen LogP contribution in [0, 0.1) is 0 Å². The summed E-state index contributed by atoms with van der Waals surface area (Å²) in [5.74, 6) is 0.676. The molecule has 0 saturated carbocycles. The number of esters is 1. The minimum absolute atomic E-state index is 0.190. The number of rotatable bonds is 8. The second kappa shape index (κ2) is 12.2. The molecule has 0 unspecified atom stereocenters. The van der Waals surface area contributed by atoms with Crippen LogP contribution in [-0.2, 0) is 9.53 Å². The Morgan fingerprint density at radius 3 is 2.59 bits per heavy atom. The zero-order valence-corrected chi connectivity index (χ0v) is 26.6. The van der Waals surface area contributed by atoms with Crippen LogP contribution in [0.3, 0.4) is 0 Å². The largest absolute Gasteiger partial charge is 0.496 e. The van der Waals surface area contributed by atoms with Crippen molar-refractivity contribution in [2.45, 2.75) is 19.9 Å². The summed E-state index contributed by atoms with van der Waals surface area (Å²) >= 11 is 8.39. The van der Waals surface area contributed by atoms with E-state index in [2.05, 4.69) is 38.4 Å². The van der Waals surface area contributed by atoms with Crippen LogP contribution in [-0.4, -0.2) is 30.9 Å². The van der Waals surface area contributed by atoms with E-state index in [4.69, 9.17) is 19.2 Å². The second-order valence-electron chi connectivity index (χ2n) is 9.12. The average Bonchev–Trinajstić information content (AvgIpc) is 3.25. The molecule has 4 aromatic rings. The molecule has 1 atom stereocenters. The Bertz CT molecular complexity index is 1880. The molecule has 0 saturated heterocycles. The molecule has 1 aliphatic heterocycles. The van der Waals surface area contributed by atoms with Crippen LogP contribution in [0.2, 0.25) is 0 Å². The van der Waals surface area contributed by atoms with Crippen LogP contribution >= 0.6 is 43.2 Å². The average molecular weight is 698 g/mol. The van der Waals surface area contributed by atoms with Gasteiger partial charge in [-0.1, -0.05) is 54.3 Å². The van der Waals surface area contributed by atoms with E-state index in [9.17, 15) is 9.59 Å². The number of benzene rings is 3. The first kappa shape index (κ1) is 29.0. The lowest BCUT2D eigenvalue weighted by molar-refractivity contribution is -0.139. The maximum Gasteiger partial charge on any atom is 0.338 e. The summed E-state index contributed by atoms with van der Waals surface area (Å²) in [6.07, 6.45) is 3.47. The lowest BCUT2D eigenvalue weighted by Crippen LogP contribution is -2.40. The highest BCUT2D eigenvalue weighted by molar-refractivity contribution is 9.11. The first-order chi connectivity index (χ1) is 19.8. The van der Waals surface area contributed by atoms with Crippen molar-refractivity contribution in [3.8, 4) is 11.5 Å². The Balaban J connectivity index is 1.77. The van der Waals surface area contributed by atoms with Crippen molar-refractivity contribution in [2.24, 2.45) is 4.99 Å². The van der Waals surface area contributed by atoms with Gasteiger partial charge in [0.2, 0.25) is 0 Å². The number of hydrogen-bond donors (Lipinski definition) is 0. The van der Waals surface area contributed by atoms with Gasteiger partial charge in [0.25, 0.3) is 5.56 Å². The van der Waals surface area contributed by atoms with Crippen molar-refractivity contribution < 1.29 is 19.0 Å². The number of nitrogens with zero attached hydrogens (tertiary/aromatic N) is 2. The number of ether oxygens (including phenoxy) is 3. The summed E-state index contributed by atoms with van der Waals surface area (Å²) < 4.78 is 20.5. The van der Waals surface area contributed by atoms with Crippen LogP contribution < -0.4 is 24.4 Å². The van der Waals surface area contributed by atoms with Gasteiger partial charge in [-0.25, -0.2) is 9.79 Å². The Morgan fingerprint density at radius 2 is 1.90 bits per heavy atom. The molecule has 210 valence electrons. The fourth-order valence-corrected chi connectivity index (χ4v) is 7.39. The number of allylic oxidation sites excluding steroid dienone is 1. The maximum atomic E-state index is 14.2. The first-order valence-electron chi connectivity index (χ1n) is 12.8. The van der Waals surface area contributed by atoms with Gasteiger partial charge >= 0.3 is 5.97 Å². The highest BCUT2D eigenvalue weighted by Gasteiger charge is 2.36. The fraction of sp³-hybridized carbons (Fsp3) is 0.194. The molecule has 0 amide bonds. The summed E-state index contributed by atoms with van der Waals surface area (Å²) in [7, 11) is 1.58. The number of fused-ring (bicyclic) bond motifs is 2. The van der Waals surface area contributed by atoms with Gasteiger partial charge in [0, 0.05) is 5.56 Å². The summed E-state index contributed by atoms with van der Waals surface area (Å²) in [5.41, 5.74) is 1.99. The molecule has 0 spiro atoms. The summed E-state index contributed by atoms with van der Waals surface area (Å²) in [6.45, 7) is 7.76. The topological polar surface area (TPSA) is 79.1 Å². The van der Waals surface area contributed by atoms with Crippen molar-refractivity contribution in [1.29, 1.82) is 0 Å². The molecule has 0 aliphatic carbocycles. The number of thiazole rings is 1. The van der Waals surface area contributed by atoms with Crippen molar-refractivity contribution in [1.82, 2.24) is 4.57 Å². The van der Waals surface area contributed by atoms with Crippen LogP contribution in [0.15, 0.2) is 91.2 Å². The summed E-state index contributed by atoms with van der Waals surface area (Å²) in [5, 5.41) is 1.82. The van der Waals surface area contributed by atoms with Gasteiger partial charge in [-0.3, -0.25) is 9.36 Å². The maximum absolute atomic E-state index is 14.2. The predicted octanol–water partition coefficient (Wildman–Crippen LogP) is 6.05. The van der Waals surface area contributed by atoms with Gasteiger partial charge in [-0.2, -0.15) is 0 Å². The molecule has 5 rings (SSSR count). The van der Waals surface area contributed by atoms with Gasteiger partial charge < -0.3 is 14.2 Å². The number of aromatic nitrogens is 1.